The number of esters is 1. The van der Waals surface area contributed by atoms with Gasteiger partial charge in [-0.3, -0.25) is 4.79 Å². The van der Waals surface area contributed by atoms with Crippen molar-refractivity contribution < 1.29 is 27.9 Å². The van der Waals surface area contributed by atoms with Gasteiger partial charge < -0.3 is 15.2 Å². The summed E-state index contributed by atoms with van der Waals surface area (Å²) in [7, 11) is -1.96. The number of benzene rings is 1. The van der Waals surface area contributed by atoms with Crippen molar-refractivity contribution in [2.24, 2.45) is 11.3 Å². The average Bonchev–Trinajstić information content (AvgIpc) is 3.57. The Morgan fingerprint density at radius 1 is 1.27 bits per heavy atom. The van der Waals surface area contributed by atoms with E-state index in [2.05, 4.69) is 30.3 Å². The van der Waals surface area contributed by atoms with Crippen LogP contribution in [0.2, 0.25) is 0 Å². The number of amides is 1. The molecule has 30 heavy (non-hydrogen) atoms. The number of rotatable bonds is 6. The first-order valence-electron chi connectivity index (χ1n) is 9.60. The molecule has 1 saturated carbocycles. The summed E-state index contributed by atoms with van der Waals surface area (Å²) < 4.78 is 28.6. The van der Waals surface area contributed by atoms with E-state index in [0.29, 0.717) is 17.5 Å². The summed E-state index contributed by atoms with van der Waals surface area (Å²) in [4.78, 5) is 25.1. The van der Waals surface area contributed by atoms with Crippen LogP contribution in [0.5, 0.6) is 0 Å². The summed E-state index contributed by atoms with van der Waals surface area (Å²) in [5, 5.41) is 11.5. The zero-order valence-corrected chi connectivity index (χ0v) is 17.8. The molecule has 3 rings (SSSR count). The molecule has 2 N–H and O–H groups in total. The van der Waals surface area contributed by atoms with Gasteiger partial charge in [-0.05, 0) is 43.0 Å². The Bertz CT molecular complexity index is 926. The number of carbonyl (C=O) groups is 2. The lowest BCUT2D eigenvalue weighted by Crippen LogP contribution is -2.65. The van der Waals surface area contributed by atoms with Gasteiger partial charge in [0.2, 0.25) is 0 Å². The summed E-state index contributed by atoms with van der Waals surface area (Å²) in [6.45, 7) is 5.99. The number of aliphatic hydroxyl groups excluding tert-OH is 1. The maximum Gasteiger partial charge on any atom is 0.329 e. The van der Waals surface area contributed by atoms with Crippen LogP contribution in [-0.2, 0) is 19.4 Å². The predicted octanol–water partition coefficient (Wildman–Crippen LogP) is 1.32. The van der Waals surface area contributed by atoms with Gasteiger partial charge >= 0.3 is 5.97 Å². The van der Waals surface area contributed by atoms with E-state index in [9.17, 15) is 18.0 Å². The molecule has 162 valence electrons. The smallest absolute Gasteiger partial charge is 0.329 e. The highest BCUT2D eigenvalue weighted by molar-refractivity contribution is 7.92. The molecule has 0 aromatic heterocycles. The van der Waals surface area contributed by atoms with Gasteiger partial charge in [0.25, 0.3) is 5.91 Å². The van der Waals surface area contributed by atoms with Crippen LogP contribution in [0.1, 0.15) is 35.2 Å². The number of nitrogens with one attached hydrogen (secondary N) is 1. The van der Waals surface area contributed by atoms with Crippen molar-refractivity contribution in [3.8, 4) is 11.8 Å². The van der Waals surface area contributed by atoms with Gasteiger partial charge in [-0.15, -0.1) is 13.2 Å². The fraction of sp³-hybridized carbons (Fsp3) is 0.455. The summed E-state index contributed by atoms with van der Waals surface area (Å²) in [5.74, 6) is 4.47. The first kappa shape index (κ1) is 23.6. The minimum atomic E-state index is -3.19. The average molecular weight is 434 g/mol. The maximum atomic E-state index is 12.7. The van der Waals surface area contributed by atoms with Crippen LogP contribution >= 0.6 is 0 Å². The second-order valence-electron chi connectivity index (χ2n) is 7.32. The van der Waals surface area contributed by atoms with Gasteiger partial charge in [-0.2, -0.15) is 0 Å². The SMILES string of the molecule is C=C.COC(=O)[C@@H](NC(=O)c1ccc(C#CCCO)cc1)C1(C2CC2)CS(=O)(=O)C1. The number of carbonyl (C=O) groups excluding carboxylic acids is 2. The lowest BCUT2D eigenvalue weighted by Gasteiger charge is -2.46. The van der Waals surface area contributed by atoms with Crippen molar-refractivity contribution in [1.82, 2.24) is 5.32 Å². The van der Waals surface area contributed by atoms with E-state index >= 15 is 0 Å². The number of hydrogen-bond donors (Lipinski definition) is 2. The highest BCUT2D eigenvalue weighted by atomic mass is 32.2. The molecule has 2 fully saturated rings. The van der Waals surface area contributed by atoms with Gasteiger partial charge in [0, 0.05) is 23.0 Å². The molecule has 0 bridgehead atoms. The van der Waals surface area contributed by atoms with E-state index in [0.717, 1.165) is 12.8 Å². The van der Waals surface area contributed by atoms with Crippen molar-refractivity contribution in [3.63, 3.8) is 0 Å². The zero-order chi connectivity index (χ0) is 22.4. The first-order valence-corrected chi connectivity index (χ1v) is 11.4. The first-order chi connectivity index (χ1) is 14.3. The topological polar surface area (TPSA) is 110 Å². The Kier molecular flexibility index (Phi) is 7.82. The number of methoxy groups -OCH3 is 1. The number of hydrogen-bond acceptors (Lipinski definition) is 6. The standard InChI is InChI=1S/C20H23NO6S.C2H4/c1-27-19(24)17(20(16-9-10-16)12-28(25,26)13-20)21-18(23)15-7-5-14(6-8-15)4-2-3-11-22;1-2/h5-8,16-17,22H,3,9-13H2,1H3,(H,21,23);1-2H2/t17-;/m1./s1. The van der Waals surface area contributed by atoms with Crippen molar-refractivity contribution in [3.05, 3.63) is 48.6 Å². The molecule has 0 spiro atoms. The lowest BCUT2D eigenvalue weighted by molar-refractivity contribution is -0.146. The number of sulfone groups is 1. The molecule has 8 heteroatoms. The largest absolute Gasteiger partial charge is 0.467 e. The molecule has 0 unspecified atom stereocenters. The minimum Gasteiger partial charge on any atom is -0.467 e. The van der Waals surface area contributed by atoms with E-state index < -0.39 is 33.2 Å². The second kappa shape index (κ2) is 9.92. The molecule has 0 radical (unpaired) electrons. The Labute approximate surface area is 177 Å². The monoisotopic (exact) mass is 433 g/mol. The quantitative estimate of drug-likeness (QED) is 0.398. The van der Waals surface area contributed by atoms with Crippen LogP contribution in [0, 0.1) is 23.2 Å². The minimum absolute atomic E-state index is 0.0130. The predicted molar refractivity (Wildman–Crippen MR) is 113 cm³/mol. The van der Waals surface area contributed by atoms with Crippen LogP contribution < -0.4 is 5.32 Å². The van der Waals surface area contributed by atoms with Gasteiger partial charge in [0.15, 0.2) is 9.84 Å². The third kappa shape index (κ3) is 5.29. The third-order valence-corrected chi connectivity index (χ3v) is 7.23. The van der Waals surface area contributed by atoms with E-state index in [-0.39, 0.29) is 24.0 Å². The fourth-order valence-electron chi connectivity index (χ4n) is 3.77. The van der Waals surface area contributed by atoms with Crippen molar-refractivity contribution >= 4 is 21.7 Å². The molecule has 1 amide bonds. The van der Waals surface area contributed by atoms with Crippen LogP contribution in [0.3, 0.4) is 0 Å². The second-order valence-corrected chi connectivity index (χ2v) is 9.39. The van der Waals surface area contributed by atoms with Crippen LogP contribution in [0.4, 0.5) is 0 Å². The highest BCUT2D eigenvalue weighted by Crippen LogP contribution is 2.54. The van der Waals surface area contributed by atoms with Crippen LogP contribution in [0.15, 0.2) is 37.4 Å². The zero-order valence-electron chi connectivity index (χ0n) is 17.0. The summed E-state index contributed by atoms with van der Waals surface area (Å²) in [6.07, 6.45) is 2.06. The highest BCUT2D eigenvalue weighted by Gasteiger charge is 2.63. The van der Waals surface area contributed by atoms with Gasteiger partial charge in [0.1, 0.15) is 6.04 Å². The van der Waals surface area contributed by atoms with Gasteiger partial charge in [-0.25, -0.2) is 13.2 Å². The normalized spacial score (nSPS) is 18.9. The number of aliphatic hydroxyl groups is 1. The molecule has 1 heterocycles. The molecule has 1 saturated heterocycles. The lowest BCUT2D eigenvalue weighted by atomic mass is 9.77. The molecular weight excluding hydrogens is 406 g/mol. The van der Waals surface area contributed by atoms with E-state index in [1.807, 2.05) is 0 Å². The summed E-state index contributed by atoms with van der Waals surface area (Å²) >= 11 is 0. The maximum absolute atomic E-state index is 12.7. The third-order valence-electron chi connectivity index (χ3n) is 5.27. The van der Waals surface area contributed by atoms with E-state index in [4.69, 9.17) is 9.84 Å². The molecular formula is C22H27NO6S. The molecule has 1 aromatic rings. The Morgan fingerprint density at radius 2 is 1.87 bits per heavy atom. The Hall–Kier alpha value is -2.63. The molecule has 1 aliphatic heterocycles. The van der Waals surface area contributed by atoms with Crippen molar-refractivity contribution in [2.45, 2.75) is 25.3 Å². The van der Waals surface area contributed by atoms with Gasteiger partial charge in [0.05, 0.1) is 25.2 Å². The Morgan fingerprint density at radius 3 is 2.33 bits per heavy atom. The molecule has 2 aliphatic rings. The fourth-order valence-corrected chi connectivity index (χ4v) is 6.13. The molecule has 1 aromatic carbocycles. The summed E-state index contributed by atoms with van der Waals surface area (Å²) in [6, 6.07) is 5.54. The van der Waals surface area contributed by atoms with E-state index in [1.54, 1.807) is 24.3 Å². The van der Waals surface area contributed by atoms with Gasteiger partial charge in [-0.1, -0.05) is 11.8 Å². The molecule has 7 nitrogen and oxygen atoms in total. The Balaban J connectivity index is 0.00000155. The molecule has 1 atom stereocenters. The van der Waals surface area contributed by atoms with Crippen LogP contribution in [0.25, 0.3) is 0 Å². The van der Waals surface area contributed by atoms with Crippen molar-refractivity contribution in [1.29, 1.82) is 0 Å². The van der Waals surface area contributed by atoms with Crippen LogP contribution in [-0.4, -0.2) is 56.7 Å². The summed E-state index contributed by atoms with van der Waals surface area (Å²) in [5.41, 5.74) is 0.265. The van der Waals surface area contributed by atoms with E-state index in [1.165, 1.54) is 7.11 Å². The number of ether oxygens (including phenoxy) is 1. The molecule has 1 aliphatic carbocycles. The van der Waals surface area contributed by atoms with Crippen molar-refractivity contribution in [2.75, 3.05) is 25.2 Å².